The van der Waals surface area contributed by atoms with Crippen molar-refractivity contribution in [2.45, 2.75) is 44.6 Å². The summed E-state index contributed by atoms with van der Waals surface area (Å²) in [5, 5.41) is 10.9. The van der Waals surface area contributed by atoms with Gasteiger partial charge in [-0.2, -0.15) is 0 Å². The molecule has 1 fully saturated rings. The molecule has 0 saturated carbocycles. The molecule has 0 aromatic rings. The van der Waals surface area contributed by atoms with E-state index in [-0.39, 0.29) is 31.3 Å². The highest BCUT2D eigenvalue weighted by Crippen LogP contribution is 2.17. The number of rotatable bonds is 10. The maximum Gasteiger partial charge on any atom is 0.303 e. The van der Waals surface area contributed by atoms with Crippen LogP contribution in [0, 0.1) is 0 Å². The van der Waals surface area contributed by atoms with Crippen LogP contribution in [0.4, 0.5) is 0 Å². The Morgan fingerprint density at radius 2 is 1.91 bits per heavy atom. The molecule has 1 atom stereocenters. The molecule has 1 heterocycles. The van der Waals surface area contributed by atoms with Gasteiger partial charge in [0.15, 0.2) is 0 Å². The van der Waals surface area contributed by atoms with Crippen LogP contribution in [0.5, 0.6) is 0 Å². The van der Waals surface area contributed by atoms with Crippen molar-refractivity contribution in [1.82, 2.24) is 10.2 Å². The van der Waals surface area contributed by atoms with Gasteiger partial charge in [0, 0.05) is 19.4 Å². The third-order valence-electron chi connectivity index (χ3n) is 3.65. The Kier molecular flexibility index (Phi) is 7.51. The standard InChI is InChI=1S/C14H23N3O5/c15-13(21)10-4-2-8-17(10)9-3-5-11(18)14(22)16-7-1-6-12(19)20/h10H,1-9H2,(H2,15,21)(H,16,22)(H,19,20)/t10-/m0/s1. The fourth-order valence-electron chi connectivity index (χ4n) is 2.51. The fraction of sp³-hybridized carbons (Fsp3) is 0.714. The number of ketones is 1. The highest BCUT2D eigenvalue weighted by Gasteiger charge is 2.28. The molecule has 0 aliphatic carbocycles. The predicted octanol–water partition coefficient (Wildman–Crippen LogP) is -0.734. The lowest BCUT2D eigenvalue weighted by atomic mass is 10.1. The molecule has 1 saturated heterocycles. The van der Waals surface area contributed by atoms with Crippen molar-refractivity contribution in [1.29, 1.82) is 0 Å². The highest BCUT2D eigenvalue weighted by molar-refractivity contribution is 6.36. The molecule has 0 bridgehead atoms. The van der Waals surface area contributed by atoms with Gasteiger partial charge in [-0.25, -0.2) is 0 Å². The first kappa shape index (κ1) is 18.1. The average molecular weight is 313 g/mol. The number of carbonyl (C=O) groups is 4. The summed E-state index contributed by atoms with van der Waals surface area (Å²) in [5.74, 6) is -2.49. The van der Waals surface area contributed by atoms with Crippen LogP contribution in [-0.4, -0.2) is 59.2 Å². The second-order valence-corrected chi connectivity index (χ2v) is 5.38. The van der Waals surface area contributed by atoms with Gasteiger partial charge in [0.2, 0.25) is 11.7 Å². The summed E-state index contributed by atoms with van der Waals surface area (Å²) < 4.78 is 0. The molecule has 8 nitrogen and oxygen atoms in total. The summed E-state index contributed by atoms with van der Waals surface area (Å²) in [6.45, 7) is 1.52. The van der Waals surface area contributed by atoms with Crippen molar-refractivity contribution >= 4 is 23.6 Å². The number of nitrogens with two attached hydrogens (primary N) is 1. The van der Waals surface area contributed by atoms with Gasteiger partial charge in [0.05, 0.1) is 6.04 Å². The van der Waals surface area contributed by atoms with E-state index in [4.69, 9.17) is 10.8 Å². The molecule has 1 rings (SSSR count). The zero-order valence-corrected chi connectivity index (χ0v) is 12.5. The number of nitrogens with zero attached hydrogens (tertiary/aromatic N) is 1. The number of amides is 2. The first-order chi connectivity index (χ1) is 10.4. The van der Waals surface area contributed by atoms with Gasteiger partial charge < -0.3 is 16.2 Å². The number of hydrogen-bond donors (Lipinski definition) is 3. The first-order valence-corrected chi connectivity index (χ1v) is 7.48. The number of primary amides is 1. The fourth-order valence-corrected chi connectivity index (χ4v) is 2.51. The second kappa shape index (κ2) is 9.14. The number of Topliss-reactive ketones (excluding diaryl/α,β-unsaturated/α-hetero) is 1. The lowest BCUT2D eigenvalue weighted by Crippen LogP contribution is -2.41. The van der Waals surface area contributed by atoms with Gasteiger partial charge in [-0.3, -0.25) is 24.1 Å². The van der Waals surface area contributed by atoms with E-state index in [2.05, 4.69) is 5.32 Å². The summed E-state index contributed by atoms with van der Waals surface area (Å²) >= 11 is 0. The van der Waals surface area contributed by atoms with Crippen LogP contribution in [0.2, 0.25) is 0 Å². The molecular weight excluding hydrogens is 290 g/mol. The number of carbonyl (C=O) groups excluding carboxylic acids is 3. The Morgan fingerprint density at radius 3 is 2.55 bits per heavy atom. The number of aliphatic carboxylic acids is 1. The zero-order valence-electron chi connectivity index (χ0n) is 12.5. The van der Waals surface area contributed by atoms with Crippen molar-refractivity contribution < 1.29 is 24.3 Å². The van der Waals surface area contributed by atoms with Gasteiger partial charge in [0.25, 0.3) is 5.91 Å². The lowest BCUT2D eigenvalue weighted by Gasteiger charge is -2.21. The molecular formula is C14H23N3O5. The van der Waals surface area contributed by atoms with Gasteiger partial charge >= 0.3 is 5.97 Å². The van der Waals surface area contributed by atoms with E-state index in [0.717, 1.165) is 19.4 Å². The predicted molar refractivity (Wildman–Crippen MR) is 77.9 cm³/mol. The topological polar surface area (TPSA) is 130 Å². The smallest absolute Gasteiger partial charge is 0.303 e. The van der Waals surface area contributed by atoms with Crippen LogP contribution in [0.3, 0.4) is 0 Å². The molecule has 0 spiro atoms. The van der Waals surface area contributed by atoms with E-state index in [1.54, 1.807) is 0 Å². The van der Waals surface area contributed by atoms with Crippen molar-refractivity contribution in [2.24, 2.45) is 5.73 Å². The molecule has 1 aliphatic rings. The van der Waals surface area contributed by atoms with Gasteiger partial charge in [-0.15, -0.1) is 0 Å². The maximum atomic E-state index is 11.6. The Bertz CT molecular complexity index is 438. The van der Waals surface area contributed by atoms with Crippen LogP contribution in [0.1, 0.15) is 38.5 Å². The van der Waals surface area contributed by atoms with Crippen LogP contribution < -0.4 is 11.1 Å². The third-order valence-corrected chi connectivity index (χ3v) is 3.65. The summed E-state index contributed by atoms with van der Waals surface area (Å²) in [4.78, 5) is 46.6. The van der Waals surface area contributed by atoms with Crippen molar-refractivity contribution in [3.05, 3.63) is 0 Å². The van der Waals surface area contributed by atoms with Crippen LogP contribution >= 0.6 is 0 Å². The SMILES string of the molecule is NC(=O)[C@@H]1CCCN1CCCC(=O)C(=O)NCCCC(=O)O. The normalized spacial score (nSPS) is 18.1. The summed E-state index contributed by atoms with van der Waals surface area (Å²) in [6.07, 6.45) is 2.50. The van der Waals surface area contributed by atoms with E-state index in [1.165, 1.54) is 0 Å². The monoisotopic (exact) mass is 313 g/mol. The lowest BCUT2D eigenvalue weighted by molar-refractivity contribution is -0.138. The van der Waals surface area contributed by atoms with E-state index < -0.39 is 17.7 Å². The number of carboxylic acid groups (broad SMARTS) is 1. The van der Waals surface area contributed by atoms with Crippen molar-refractivity contribution in [3.63, 3.8) is 0 Å². The molecule has 22 heavy (non-hydrogen) atoms. The molecule has 0 radical (unpaired) electrons. The Balaban J connectivity index is 2.18. The Morgan fingerprint density at radius 1 is 1.18 bits per heavy atom. The van der Waals surface area contributed by atoms with Crippen molar-refractivity contribution in [3.8, 4) is 0 Å². The minimum absolute atomic E-state index is 0.0437. The molecule has 4 N–H and O–H groups in total. The summed E-state index contributed by atoms with van der Waals surface area (Å²) in [5.41, 5.74) is 5.30. The van der Waals surface area contributed by atoms with E-state index in [9.17, 15) is 19.2 Å². The number of hydrogen-bond acceptors (Lipinski definition) is 5. The minimum atomic E-state index is -0.935. The highest BCUT2D eigenvalue weighted by atomic mass is 16.4. The van der Waals surface area contributed by atoms with Gasteiger partial charge in [0.1, 0.15) is 0 Å². The summed E-state index contributed by atoms with van der Waals surface area (Å²) in [6, 6.07) is -0.264. The van der Waals surface area contributed by atoms with E-state index in [1.807, 2.05) is 4.90 Å². The number of likely N-dealkylation sites (tertiary alicyclic amines) is 1. The maximum absolute atomic E-state index is 11.6. The quantitative estimate of drug-likeness (QED) is 0.360. The minimum Gasteiger partial charge on any atom is -0.481 e. The van der Waals surface area contributed by atoms with Crippen LogP contribution in [-0.2, 0) is 19.2 Å². The van der Waals surface area contributed by atoms with Gasteiger partial charge in [-0.1, -0.05) is 0 Å². The van der Waals surface area contributed by atoms with Crippen molar-refractivity contribution in [2.75, 3.05) is 19.6 Å². The van der Waals surface area contributed by atoms with E-state index in [0.29, 0.717) is 19.4 Å². The number of carboxylic acids is 1. The van der Waals surface area contributed by atoms with Crippen LogP contribution in [0.15, 0.2) is 0 Å². The Labute approximate surface area is 129 Å². The second-order valence-electron chi connectivity index (χ2n) is 5.38. The molecule has 8 heteroatoms. The van der Waals surface area contributed by atoms with E-state index >= 15 is 0 Å². The van der Waals surface area contributed by atoms with Crippen LogP contribution in [0.25, 0.3) is 0 Å². The number of nitrogens with one attached hydrogen (secondary N) is 1. The average Bonchev–Trinajstić information content (AvgIpc) is 2.91. The zero-order chi connectivity index (χ0) is 16.5. The molecule has 1 aliphatic heterocycles. The Hall–Kier alpha value is -1.96. The third kappa shape index (κ3) is 6.21. The molecule has 0 unspecified atom stereocenters. The first-order valence-electron chi connectivity index (χ1n) is 7.48. The molecule has 124 valence electrons. The molecule has 2 amide bonds. The molecule has 0 aromatic carbocycles. The largest absolute Gasteiger partial charge is 0.481 e. The van der Waals surface area contributed by atoms with Gasteiger partial charge in [-0.05, 0) is 38.8 Å². The molecule has 0 aromatic heterocycles. The summed E-state index contributed by atoms with van der Waals surface area (Å²) in [7, 11) is 0.